The standard InChI is InChI=1S/C13H19IN4O2/c1-9(2)5-10-8-17(3-4-18(10)13(19)20)12-7-15-6-11(14)16-12/h6-7,9-10H,3-5,8H2,1-2H3,(H,19,20). The highest BCUT2D eigenvalue weighted by Gasteiger charge is 2.31. The van der Waals surface area contributed by atoms with Gasteiger partial charge >= 0.3 is 6.09 Å². The molecule has 1 amide bonds. The van der Waals surface area contributed by atoms with Gasteiger partial charge in [-0.15, -0.1) is 0 Å². The second-order valence-electron chi connectivity index (χ2n) is 5.41. The third-order valence-electron chi connectivity index (χ3n) is 3.39. The molecule has 0 aromatic carbocycles. The number of carboxylic acid groups (broad SMARTS) is 1. The van der Waals surface area contributed by atoms with Gasteiger partial charge in [-0.2, -0.15) is 0 Å². The maximum absolute atomic E-state index is 11.3. The zero-order valence-corrected chi connectivity index (χ0v) is 13.8. The van der Waals surface area contributed by atoms with Crippen molar-refractivity contribution >= 4 is 34.5 Å². The van der Waals surface area contributed by atoms with Crippen molar-refractivity contribution in [3.63, 3.8) is 0 Å². The number of amides is 1. The van der Waals surface area contributed by atoms with E-state index in [2.05, 4.69) is 51.3 Å². The predicted octanol–water partition coefficient (Wildman–Crippen LogP) is 2.30. The Morgan fingerprint density at radius 2 is 2.25 bits per heavy atom. The fourth-order valence-electron chi connectivity index (χ4n) is 2.55. The molecule has 6 nitrogen and oxygen atoms in total. The smallest absolute Gasteiger partial charge is 0.407 e. The van der Waals surface area contributed by atoms with E-state index in [-0.39, 0.29) is 6.04 Å². The highest BCUT2D eigenvalue weighted by Crippen LogP contribution is 2.21. The molecule has 0 bridgehead atoms. The van der Waals surface area contributed by atoms with E-state index in [4.69, 9.17) is 0 Å². The maximum Gasteiger partial charge on any atom is 0.407 e. The molecule has 20 heavy (non-hydrogen) atoms. The lowest BCUT2D eigenvalue weighted by Gasteiger charge is -2.41. The average Bonchev–Trinajstić information content (AvgIpc) is 2.37. The lowest BCUT2D eigenvalue weighted by atomic mass is 10.0. The number of carbonyl (C=O) groups is 1. The molecule has 1 fully saturated rings. The summed E-state index contributed by atoms with van der Waals surface area (Å²) in [5.41, 5.74) is 0. The zero-order chi connectivity index (χ0) is 14.7. The molecule has 1 aromatic rings. The number of aromatic nitrogens is 2. The highest BCUT2D eigenvalue weighted by atomic mass is 127. The van der Waals surface area contributed by atoms with Crippen LogP contribution in [0.5, 0.6) is 0 Å². The minimum Gasteiger partial charge on any atom is -0.465 e. The molecule has 1 unspecified atom stereocenters. The summed E-state index contributed by atoms with van der Waals surface area (Å²) in [5, 5.41) is 9.30. The summed E-state index contributed by atoms with van der Waals surface area (Å²) in [6, 6.07) is 0.0147. The van der Waals surface area contributed by atoms with E-state index in [1.165, 1.54) is 0 Å². The monoisotopic (exact) mass is 390 g/mol. The van der Waals surface area contributed by atoms with Crippen LogP contribution < -0.4 is 4.90 Å². The minimum absolute atomic E-state index is 0.0147. The predicted molar refractivity (Wildman–Crippen MR) is 84.9 cm³/mol. The molecular weight excluding hydrogens is 371 g/mol. The zero-order valence-electron chi connectivity index (χ0n) is 11.7. The van der Waals surface area contributed by atoms with Crippen molar-refractivity contribution in [2.45, 2.75) is 26.3 Å². The van der Waals surface area contributed by atoms with Gasteiger partial charge in [-0.1, -0.05) is 13.8 Å². The van der Waals surface area contributed by atoms with E-state index in [0.717, 1.165) is 15.9 Å². The number of piperazine rings is 1. The van der Waals surface area contributed by atoms with Crippen molar-refractivity contribution in [2.75, 3.05) is 24.5 Å². The summed E-state index contributed by atoms with van der Waals surface area (Å²) in [4.78, 5) is 23.6. The number of hydrogen-bond acceptors (Lipinski definition) is 4. The number of anilines is 1. The Balaban J connectivity index is 2.13. The fraction of sp³-hybridized carbons (Fsp3) is 0.615. The quantitative estimate of drug-likeness (QED) is 0.803. The molecule has 1 aromatic heterocycles. The van der Waals surface area contributed by atoms with Crippen LogP contribution in [-0.2, 0) is 0 Å². The van der Waals surface area contributed by atoms with Crippen LogP contribution in [0, 0.1) is 9.62 Å². The third-order valence-corrected chi connectivity index (χ3v) is 3.91. The van der Waals surface area contributed by atoms with Crippen molar-refractivity contribution in [3.8, 4) is 0 Å². The molecule has 1 saturated heterocycles. The van der Waals surface area contributed by atoms with Crippen LogP contribution >= 0.6 is 22.6 Å². The molecule has 0 spiro atoms. The molecule has 7 heteroatoms. The second kappa shape index (κ2) is 6.55. The largest absolute Gasteiger partial charge is 0.465 e. The van der Waals surface area contributed by atoms with Crippen LogP contribution in [0.25, 0.3) is 0 Å². The normalized spacial score (nSPS) is 19.5. The Bertz CT molecular complexity index is 483. The molecule has 0 saturated carbocycles. The highest BCUT2D eigenvalue weighted by molar-refractivity contribution is 14.1. The molecule has 2 heterocycles. The van der Waals surface area contributed by atoms with Gasteiger partial charge in [-0.3, -0.25) is 4.98 Å². The molecule has 1 N–H and O–H groups in total. The van der Waals surface area contributed by atoms with Gasteiger partial charge in [0.25, 0.3) is 0 Å². The molecular formula is C13H19IN4O2. The van der Waals surface area contributed by atoms with Crippen molar-refractivity contribution < 1.29 is 9.90 Å². The summed E-state index contributed by atoms with van der Waals surface area (Å²) in [5.74, 6) is 1.29. The van der Waals surface area contributed by atoms with Crippen LogP contribution in [0.15, 0.2) is 12.4 Å². The van der Waals surface area contributed by atoms with Crippen LogP contribution in [0.4, 0.5) is 10.6 Å². The maximum atomic E-state index is 11.3. The van der Waals surface area contributed by atoms with Gasteiger partial charge in [0, 0.05) is 19.6 Å². The molecule has 0 radical (unpaired) electrons. The first-order chi connectivity index (χ1) is 9.47. The van der Waals surface area contributed by atoms with Crippen LogP contribution in [-0.4, -0.2) is 51.7 Å². The molecule has 2 rings (SSSR count). The number of rotatable bonds is 3. The average molecular weight is 390 g/mol. The second-order valence-corrected chi connectivity index (χ2v) is 6.51. The molecule has 1 aliphatic heterocycles. The number of hydrogen-bond donors (Lipinski definition) is 1. The first kappa shape index (κ1) is 15.3. The van der Waals surface area contributed by atoms with E-state index in [9.17, 15) is 9.90 Å². The van der Waals surface area contributed by atoms with E-state index >= 15 is 0 Å². The summed E-state index contributed by atoms with van der Waals surface area (Å²) < 4.78 is 0.848. The van der Waals surface area contributed by atoms with Gasteiger partial charge in [-0.05, 0) is 34.9 Å². The van der Waals surface area contributed by atoms with Gasteiger partial charge < -0.3 is 14.9 Å². The van der Waals surface area contributed by atoms with E-state index in [1.807, 2.05) is 0 Å². The summed E-state index contributed by atoms with van der Waals surface area (Å²) >= 11 is 2.14. The van der Waals surface area contributed by atoms with Gasteiger partial charge in [0.15, 0.2) is 0 Å². The topological polar surface area (TPSA) is 69.6 Å². The van der Waals surface area contributed by atoms with Crippen molar-refractivity contribution in [2.24, 2.45) is 5.92 Å². The molecule has 1 aliphatic rings. The van der Waals surface area contributed by atoms with Crippen LogP contribution in [0.1, 0.15) is 20.3 Å². The molecule has 1 atom stereocenters. The fourth-order valence-corrected chi connectivity index (χ4v) is 2.95. The lowest BCUT2D eigenvalue weighted by molar-refractivity contribution is 0.111. The Morgan fingerprint density at radius 1 is 1.50 bits per heavy atom. The van der Waals surface area contributed by atoms with Crippen LogP contribution in [0.2, 0.25) is 0 Å². The van der Waals surface area contributed by atoms with Crippen molar-refractivity contribution in [1.82, 2.24) is 14.9 Å². The van der Waals surface area contributed by atoms with Gasteiger partial charge in [0.2, 0.25) is 0 Å². The summed E-state index contributed by atoms with van der Waals surface area (Å²) in [6.07, 6.45) is 3.48. The number of halogens is 1. The van der Waals surface area contributed by atoms with Crippen molar-refractivity contribution in [3.05, 3.63) is 16.1 Å². The summed E-state index contributed by atoms with van der Waals surface area (Å²) in [7, 11) is 0. The van der Waals surface area contributed by atoms with E-state index in [0.29, 0.717) is 25.6 Å². The van der Waals surface area contributed by atoms with Gasteiger partial charge in [0.05, 0.1) is 18.4 Å². The minimum atomic E-state index is -0.830. The number of nitrogens with zero attached hydrogens (tertiary/aromatic N) is 4. The third kappa shape index (κ3) is 3.71. The SMILES string of the molecule is CC(C)CC1CN(c2cncc(I)n2)CCN1C(=O)O. The summed E-state index contributed by atoms with van der Waals surface area (Å²) in [6.45, 7) is 6.09. The Morgan fingerprint density at radius 3 is 2.85 bits per heavy atom. The van der Waals surface area contributed by atoms with E-state index < -0.39 is 6.09 Å². The Hall–Kier alpha value is -1.12. The van der Waals surface area contributed by atoms with Crippen LogP contribution in [0.3, 0.4) is 0 Å². The van der Waals surface area contributed by atoms with Gasteiger partial charge in [0.1, 0.15) is 9.52 Å². The first-order valence-corrected chi connectivity index (χ1v) is 7.77. The Kier molecular flexibility index (Phi) is 5.00. The molecule has 110 valence electrons. The lowest BCUT2D eigenvalue weighted by Crippen LogP contribution is -2.55. The van der Waals surface area contributed by atoms with E-state index in [1.54, 1.807) is 17.3 Å². The van der Waals surface area contributed by atoms with Gasteiger partial charge in [-0.25, -0.2) is 9.78 Å². The van der Waals surface area contributed by atoms with Crippen molar-refractivity contribution in [1.29, 1.82) is 0 Å². The Labute approximate surface area is 132 Å². The molecule has 0 aliphatic carbocycles. The first-order valence-electron chi connectivity index (χ1n) is 6.69.